The number of hydrogen-bond acceptors (Lipinski definition) is 3. The first-order valence-corrected chi connectivity index (χ1v) is 7.77. The zero-order valence-electron chi connectivity index (χ0n) is 11.7. The third-order valence-electron chi connectivity index (χ3n) is 3.67. The maximum absolute atomic E-state index is 12.2. The molecule has 4 nitrogen and oxygen atoms in total. The number of carbonyl (C=O) groups excluding carboxylic acids is 1. The predicted octanol–water partition coefficient (Wildman–Crippen LogP) is 1.92. The number of thioether (sulfide) groups is 1. The van der Waals surface area contributed by atoms with Crippen molar-refractivity contribution in [3.05, 3.63) is 34.9 Å². The standard InChI is InChI=1S/C15H19NO3S/c1-10-3-4-11(2)12(7-10)8-13(17)16-15(14(18)19)5-6-20-9-15/h3-4,7H,5-6,8-9H2,1-2H3,(H,16,17)(H,18,19). The molecule has 1 aliphatic heterocycles. The Morgan fingerprint density at radius 3 is 2.75 bits per heavy atom. The maximum atomic E-state index is 12.2. The largest absolute Gasteiger partial charge is 0.479 e. The first-order valence-electron chi connectivity index (χ1n) is 6.61. The second-order valence-corrected chi connectivity index (χ2v) is 6.45. The summed E-state index contributed by atoms with van der Waals surface area (Å²) in [6, 6.07) is 5.96. The minimum absolute atomic E-state index is 0.219. The summed E-state index contributed by atoms with van der Waals surface area (Å²) in [4.78, 5) is 23.6. The predicted molar refractivity (Wildman–Crippen MR) is 80.1 cm³/mol. The first-order chi connectivity index (χ1) is 9.43. The van der Waals surface area contributed by atoms with Crippen molar-refractivity contribution in [3.8, 4) is 0 Å². The smallest absolute Gasteiger partial charge is 0.330 e. The molecule has 0 spiro atoms. The normalized spacial score (nSPS) is 21.7. The number of rotatable bonds is 4. The van der Waals surface area contributed by atoms with Crippen molar-refractivity contribution in [2.45, 2.75) is 32.2 Å². The third-order valence-corrected chi connectivity index (χ3v) is 4.86. The van der Waals surface area contributed by atoms with E-state index in [-0.39, 0.29) is 12.3 Å². The Kier molecular flexibility index (Phi) is 4.38. The lowest BCUT2D eigenvalue weighted by molar-refractivity contribution is -0.146. The van der Waals surface area contributed by atoms with Crippen LogP contribution in [0.4, 0.5) is 0 Å². The van der Waals surface area contributed by atoms with Gasteiger partial charge in [0, 0.05) is 5.75 Å². The molecule has 1 heterocycles. The highest BCUT2D eigenvalue weighted by Gasteiger charge is 2.43. The van der Waals surface area contributed by atoms with E-state index >= 15 is 0 Å². The SMILES string of the molecule is Cc1ccc(C)c(CC(=O)NC2(C(=O)O)CCSC2)c1. The van der Waals surface area contributed by atoms with Gasteiger partial charge >= 0.3 is 5.97 Å². The Balaban J connectivity index is 2.08. The molecule has 1 atom stereocenters. The molecule has 108 valence electrons. The summed E-state index contributed by atoms with van der Waals surface area (Å²) in [7, 11) is 0. The number of aliphatic carboxylic acids is 1. The Morgan fingerprint density at radius 1 is 1.40 bits per heavy atom. The fourth-order valence-electron chi connectivity index (χ4n) is 2.36. The molecule has 20 heavy (non-hydrogen) atoms. The minimum Gasteiger partial charge on any atom is -0.479 e. The number of hydrogen-bond donors (Lipinski definition) is 2. The lowest BCUT2D eigenvalue weighted by Gasteiger charge is -2.24. The molecule has 1 fully saturated rings. The molecule has 1 aromatic carbocycles. The van der Waals surface area contributed by atoms with Crippen LogP contribution in [0.3, 0.4) is 0 Å². The van der Waals surface area contributed by atoms with E-state index in [0.29, 0.717) is 12.2 Å². The average molecular weight is 293 g/mol. The zero-order valence-corrected chi connectivity index (χ0v) is 12.5. The van der Waals surface area contributed by atoms with Crippen LogP contribution in [0.2, 0.25) is 0 Å². The van der Waals surface area contributed by atoms with Crippen LogP contribution in [-0.4, -0.2) is 34.0 Å². The molecule has 2 N–H and O–H groups in total. The summed E-state index contributed by atoms with van der Waals surface area (Å²) < 4.78 is 0. The Hall–Kier alpha value is -1.49. The number of nitrogens with one attached hydrogen (secondary N) is 1. The van der Waals surface area contributed by atoms with Gasteiger partial charge in [0.25, 0.3) is 0 Å². The lowest BCUT2D eigenvalue weighted by Crippen LogP contribution is -2.55. The van der Waals surface area contributed by atoms with Gasteiger partial charge in [-0.05, 0) is 37.1 Å². The van der Waals surface area contributed by atoms with E-state index in [2.05, 4.69) is 5.32 Å². The monoisotopic (exact) mass is 293 g/mol. The highest BCUT2D eigenvalue weighted by molar-refractivity contribution is 7.99. The van der Waals surface area contributed by atoms with Crippen LogP contribution in [0.1, 0.15) is 23.1 Å². The summed E-state index contributed by atoms with van der Waals surface area (Å²) in [6.07, 6.45) is 0.721. The number of amides is 1. The average Bonchev–Trinajstić information content (AvgIpc) is 2.83. The number of benzene rings is 1. The van der Waals surface area contributed by atoms with Gasteiger partial charge in [0.15, 0.2) is 0 Å². The Bertz CT molecular complexity index is 536. The van der Waals surface area contributed by atoms with Crippen molar-refractivity contribution in [1.29, 1.82) is 0 Å². The van der Waals surface area contributed by atoms with E-state index < -0.39 is 11.5 Å². The zero-order chi connectivity index (χ0) is 14.8. The van der Waals surface area contributed by atoms with Gasteiger partial charge in [-0.3, -0.25) is 4.79 Å². The summed E-state index contributed by atoms with van der Waals surface area (Å²) in [5, 5.41) is 12.1. The summed E-state index contributed by atoms with van der Waals surface area (Å²) >= 11 is 1.57. The maximum Gasteiger partial charge on any atom is 0.330 e. The van der Waals surface area contributed by atoms with Gasteiger partial charge in [0.1, 0.15) is 5.54 Å². The summed E-state index contributed by atoms with van der Waals surface area (Å²) in [5.41, 5.74) is 2.02. The number of aryl methyl sites for hydroxylation is 2. The van der Waals surface area contributed by atoms with Crippen LogP contribution in [0.5, 0.6) is 0 Å². The summed E-state index contributed by atoms with van der Waals surface area (Å²) in [6.45, 7) is 3.94. The number of carboxylic acids is 1. The molecule has 1 amide bonds. The second kappa shape index (κ2) is 5.87. The van der Waals surface area contributed by atoms with Gasteiger partial charge in [-0.1, -0.05) is 23.8 Å². The van der Waals surface area contributed by atoms with E-state index in [9.17, 15) is 14.7 Å². The van der Waals surface area contributed by atoms with Crippen LogP contribution in [0, 0.1) is 13.8 Å². The van der Waals surface area contributed by atoms with Gasteiger partial charge in [-0.2, -0.15) is 11.8 Å². The Morgan fingerprint density at radius 2 is 2.15 bits per heavy atom. The van der Waals surface area contributed by atoms with Crippen LogP contribution in [0.25, 0.3) is 0 Å². The fourth-order valence-corrected chi connectivity index (χ4v) is 3.69. The second-order valence-electron chi connectivity index (χ2n) is 5.34. The molecule has 1 unspecified atom stereocenters. The third kappa shape index (κ3) is 3.15. The van der Waals surface area contributed by atoms with E-state index in [1.54, 1.807) is 11.8 Å². The van der Waals surface area contributed by atoms with Crippen LogP contribution < -0.4 is 5.32 Å². The first kappa shape index (κ1) is 14.9. The number of carboxylic acid groups (broad SMARTS) is 1. The minimum atomic E-state index is -1.08. The quantitative estimate of drug-likeness (QED) is 0.890. The van der Waals surface area contributed by atoms with Crippen molar-refractivity contribution < 1.29 is 14.7 Å². The molecule has 0 aliphatic carbocycles. The molecule has 0 saturated carbocycles. The van der Waals surface area contributed by atoms with Crippen molar-refractivity contribution in [1.82, 2.24) is 5.32 Å². The van der Waals surface area contributed by atoms with Gasteiger partial charge in [0.05, 0.1) is 6.42 Å². The Labute approximate surface area is 123 Å². The highest BCUT2D eigenvalue weighted by Crippen LogP contribution is 2.28. The van der Waals surface area contributed by atoms with Crippen molar-refractivity contribution in [2.75, 3.05) is 11.5 Å². The van der Waals surface area contributed by atoms with E-state index in [4.69, 9.17) is 0 Å². The van der Waals surface area contributed by atoms with Crippen LogP contribution >= 0.6 is 11.8 Å². The van der Waals surface area contributed by atoms with Crippen molar-refractivity contribution in [3.63, 3.8) is 0 Å². The molecular weight excluding hydrogens is 274 g/mol. The van der Waals surface area contributed by atoms with E-state index in [1.165, 1.54) is 0 Å². The van der Waals surface area contributed by atoms with Crippen molar-refractivity contribution >= 4 is 23.6 Å². The molecule has 2 rings (SSSR count). The van der Waals surface area contributed by atoms with Gasteiger partial charge < -0.3 is 10.4 Å². The van der Waals surface area contributed by atoms with E-state index in [0.717, 1.165) is 22.4 Å². The van der Waals surface area contributed by atoms with Gasteiger partial charge in [-0.15, -0.1) is 0 Å². The molecule has 1 aromatic rings. The highest BCUT2D eigenvalue weighted by atomic mass is 32.2. The van der Waals surface area contributed by atoms with E-state index in [1.807, 2.05) is 32.0 Å². The summed E-state index contributed by atoms with van der Waals surface area (Å²) in [5.74, 6) is 0.0668. The molecule has 1 aliphatic rings. The molecule has 0 aromatic heterocycles. The van der Waals surface area contributed by atoms with Crippen molar-refractivity contribution in [2.24, 2.45) is 0 Å². The molecule has 5 heteroatoms. The molecule has 0 bridgehead atoms. The molecular formula is C15H19NO3S. The number of carbonyl (C=O) groups is 2. The molecule has 1 saturated heterocycles. The van der Waals surface area contributed by atoms with Gasteiger partial charge in [0.2, 0.25) is 5.91 Å². The lowest BCUT2D eigenvalue weighted by atomic mass is 9.97. The fraction of sp³-hybridized carbons (Fsp3) is 0.467. The van der Waals surface area contributed by atoms with Gasteiger partial charge in [-0.25, -0.2) is 4.79 Å². The van der Waals surface area contributed by atoms with Crippen LogP contribution in [-0.2, 0) is 16.0 Å². The topological polar surface area (TPSA) is 66.4 Å². The molecule has 0 radical (unpaired) electrons. The van der Waals surface area contributed by atoms with Crippen LogP contribution in [0.15, 0.2) is 18.2 Å².